The molecular weight excluding hydrogens is 223 g/mol. The van der Waals surface area contributed by atoms with Crippen LogP contribution in [-0.4, -0.2) is 41.6 Å². The molecule has 0 amide bonds. The molecule has 0 atom stereocenters. The predicted molar refractivity (Wildman–Crippen MR) is 70.3 cm³/mol. The molecule has 2 aromatic carbocycles. The first-order chi connectivity index (χ1) is 7.68. The van der Waals surface area contributed by atoms with Crippen molar-refractivity contribution in [1.29, 1.82) is 0 Å². The van der Waals surface area contributed by atoms with Gasteiger partial charge in [0.1, 0.15) is 0 Å². The van der Waals surface area contributed by atoms with Gasteiger partial charge in [-0.3, -0.25) is 0 Å². The summed E-state index contributed by atoms with van der Waals surface area (Å²) in [7, 11) is 0. The summed E-state index contributed by atoms with van der Waals surface area (Å²) >= 11 is 0. The number of hydrogen-bond acceptors (Lipinski definition) is 2. The molecule has 2 nitrogen and oxygen atoms in total. The van der Waals surface area contributed by atoms with Crippen LogP contribution in [0.5, 0.6) is 0 Å². The number of hydrogen-bond donors (Lipinski definition) is 0. The molecule has 0 saturated heterocycles. The average molecular weight is 237 g/mol. The van der Waals surface area contributed by atoms with Gasteiger partial charge in [0.15, 0.2) is 0 Å². The molecule has 0 fully saturated rings. The van der Waals surface area contributed by atoms with Crippen LogP contribution in [0, 0.1) is 0 Å². The van der Waals surface area contributed by atoms with Crippen LogP contribution in [0.1, 0.15) is 24.2 Å². The number of ether oxygens (including phenoxy) is 1. The Morgan fingerprint density at radius 2 is 1.71 bits per heavy atom. The van der Waals surface area contributed by atoms with Crippen molar-refractivity contribution in [1.82, 2.24) is 0 Å². The van der Waals surface area contributed by atoms with E-state index in [4.69, 9.17) is 4.74 Å². The van der Waals surface area contributed by atoms with Gasteiger partial charge in [0.05, 0.1) is 11.7 Å². The second-order valence-corrected chi connectivity index (χ2v) is 3.98. The Morgan fingerprint density at radius 1 is 1.06 bits per heavy atom. The molecule has 0 aliphatic rings. The third kappa shape index (κ3) is 3.32. The molecule has 0 aliphatic heterocycles. The summed E-state index contributed by atoms with van der Waals surface area (Å²) in [4.78, 5) is 11.8. The van der Waals surface area contributed by atoms with Crippen LogP contribution in [0.4, 0.5) is 0 Å². The van der Waals surface area contributed by atoms with Gasteiger partial charge < -0.3 is 4.74 Å². The van der Waals surface area contributed by atoms with E-state index in [9.17, 15) is 4.79 Å². The summed E-state index contributed by atoms with van der Waals surface area (Å²) in [5, 5.41) is 2.00. The zero-order chi connectivity index (χ0) is 11.5. The zero-order valence-corrected chi connectivity index (χ0v) is 12.4. The number of benzene rings is 2. The second-order valence-electron chi connectivity index (χ2n) is 3.98. The van der Waals surface area contributed by atoms with Crippen LogP contribution >= 0.6 is 0 Å². The van der Waals surface area contributed by atoms with Crippen molar-refractivity contribution in [3.63, 3.8) is 0 Å². The number of carbonyl (C=O) groups is 1. The first-order valence-electron chi connectivity index (χ1n) is 5.37. The maximum atomic E-state index is 11.8. The smallest absolute Gasteiger partial charge is 0.339 e. The first kappa shape index (κ1) is 14.2. The van der Waals surface area contributed by atoms with Crippen molar-refractivity contribution < 1.29 is 9.53 Å². The number of carbonyl (C=O) groups excluding carboxylic acids is 1. The van der Waals surface area contributed by atoms with Gasteiger partial charge >= 0.3 is 5.97 Å². The van der Waals surface area contributed by atoms with Crippen LogP contribution in [0.3, 0.4) is 0 Å². The molecule has 0 bridgehead atoms. The minimum absolute atomic E-state index is 0. The Hall–Kier alpha value is -0.830. The van der Waals surface area contributed by atoms with E-state index < -0.39 is 0 Å². The third-order valence-corrected chi connectivity index (χ3v) is 2.35. The van der Waals surface area contributed by atoms with Gasteiger partial charge in [-0.15, -0.1) is 0 Å². The van der Waals surface area contributed by atoms with Crippen molar-refractivity contribution in [3.05, 3.63) is 48.0 Å². The van der Waals surface area contributed by atoms with E-state index in [0.29, 0.717) is 5.56 Å². The minimum atomic E-state index is -0.258. The fourth-order valence-electron chi connectivity index (χ4n) is 1.68. The molecular formula is C14H14NaO2. The first-order valence-corrected chi connectivity index (χ1v) is 5.37. The second kappa shape index (κ2) is 6.20. The van der Waals surface area contributed by atoms with E-state index in [0.717, 1.165) is 10.8 Å². The molecule has 83 valence electrons. The summed E-state index contributed by atoms with van der Waals surface area (Å²) in [6, 6.07) is 13.5. The van der Waals surface area contributed by atoms with Gasteiger partial charge in [-0.25, -0.2) is 4.79 Å². The summed E-state index contributed by atoms with van der Waals surface area (Å²) in [5.41, 5.74) is 0.631. The maximum absolute atomic E-state index is 11.8. The van der Waals surface area contributed by atoms with Gasteiger partial charge in [-0.2, -0.15) is 0 Å². The third-order valence-electron chi connectivity index (χ3n) is 2.35. The molecule has 0 aliphatic carbocycles. The van der Waals surface area contributed by atoms with Crippen LogP contribution in [-0.2, 0) is 4.74 Å². The number of rotatable bonds is 2. The van der Waals surface area contributed by atoms with Crippen molar-refractivity contribution in [2.24, 2.45) is 0 Å². The Labute approximate surface area is 123 Å². The molecule has 0 N–H and O–H groups in total. The largest absolute Gasteiger partial charge is 0.459 e. The molecule has 0 aromatic heterocycles. The number of fused-ring (bicyclic) bond motifs is 1. The zero-order valence-electron chi connectivity index (χ0n) is 10.4. The van der Waals surface area contributed by atoms with Gasteiger partial charge in [0.2, 0.25) is 0 Å². The molecule has 0 heterocycles. The predicted octanol–water partition coefficient (Wildman–Crippen LogP) is 3.02. The Balaban J connectivity index is 0.00000144. The van der Waals surface area contributed by atoms with E-state index in [2.05, 4.69) is 0 Å². The molecule has 3 heteroatoms. The van der Waals surface area contributed by atoms with Crippen LogP contribution < -0.4 is 0 Å². The molecule has 0 spiro atoms. The molecule has 0 unspecified atom stereocenters. The monoisotopic (exact) mass is 237 g/mol. The van der Waals surface area contributed by atoms with Crippen molar-refractivity contribution in [3.8, 4) is 0 Å². The van der Waals surface area contributed by atoms with E-state index >= 15 is 0 Å². The molecule has 17 heavy (non-hydrogen) atoms. The Bertz CT molecular complexity index is 515. The van der Waals surface area contributed by atoms with E-state index in [-0.39, 0.29) is 41.6 Å². The Kier molecular flexibility index (Phi) is 5.19. The normalized spacial score (nSPS) is 10.1. The quantitative estimate of drug-likeness (QED) is 0.592. The molecule has 2 rings (SSSR count). The van der Waals surface area contributed by atoms with Gasteiger partial charge in [0.25, 0.3) is 0 Å². The standard InChI is InChI=1S/C14H14O2.Na/c1-10(2)16-14(15)13-9-5-7-11-6-3-4-8-12(11)13;/h3-10H,1-2H3;. The van der Waals surface area contributed by atoms with Crippen LogP contribution in [0.15, 0.2) is 42.5 Å². The fourth-order valence-corrected chi connectivity index (χ4v) is 1.68. The summed E-state index contributed by atoms with van der Waals surface area (Å²) in [5.74, 6) is -0.258. The fraction of sp³-hybridized carbons (Fsp3) is 0.214. The van der Waals surface area contributed by atoms with E-state index in [1.54, 1.807) is 6.07 Å². The molecule has 0 saturated carbocycles. The Morgan fingerprint density at radius 3 is 2.41 bits per heavy atom. The summed E-state index contributed by atoms with van der Waals surface area (Å²) in [6.45, 7) is 3.70. The molecule has 2 aromatic rings. The van der Waals surface area contributed by atoms with Gasteiger partial charge in [-0.1, -0.05) is 36.4 Å². The van der Waals surface area contributed by atoms with E-state index in [1.165, 1.54) is 0 Å². The topological polar surface area (TPSA) is 26.3 Å². The summed E-state index contributed by atoms with van der Waals surface area (Å²) in [6.07, 6.45) is -0.0912. The van der Waals surface area contributed by atoms with Crippen molar-refractivity contribution in [2.45, 2.75) is 20.0 Å². The van der Waals surface area contributed by atoms with Gasteiger partial charge in [-0.05, 0) is 30.7 Å². The van der Waals surface area contributed by atoms with Gasteiger partial charge in [0, 0.05) is 29.6 Å². The van der Waals surface area contributed by atoms with Crippen LogP contribution in [0.2, 0.25) is 0 Å². The molecule has 1 radical (unpaired) electrons. The van der Waals surface area contributed by atoms with Crippen molar-refractivity contribution >= 4 is 46.3 Å². The van der Waals surface area contributed by atoms with E-state index in [1.807, 2.05) is 50.2 Å². The maximum Gasteiger partial charge on any atom is 0.339 e. The van der Waals surface area contributed by atoms with Crippen molar-refractivity contribution in [2.75, 3.05) is 0 Å². The summed E-state index contributed by atoms with van der Waals surface area (Å²) < 4.78 is 5.21. The number of esters is 1. The van der Waals surface area contributed by atoms with Crippen LogP contribution in [0.25, 0.3) is 10.8 Å². The SMILES string of the molecule is CC(C)OC(=O)c1cccc2ccccc12.[Na]. The average Bonchev–Trinajstić information content (AvgIpc) is 2.27. The minimum Gasteiger partial charge on any atom is -0.459 e.